The van der Waals surface area contributed by atoms with E-state index in [-0.39, 0.29) is 0 Å². The van der Waals surface area contributed by atoms with E-state index in [9.17, 15) is 4.79 Å². The fraction of sp³-hybridized carbons (Fsp3) is 0.900. The molecule has 4 nitrogen and oxygen atoms in total. The molecule has 0 spiro atoms. The zero-order valence-corrected chi connectivity index (χ0v) is 8.54. The molecule has 1 saturated heterocycles. The van der Waals surface area contributed by atoms with Crippen molar-refractivity contribution in [2.45, 2.75) is 25.3 Å². The first-order chi connectivity index (χ1) is 6.81. The predicted octanol–water partition coefficient (Wildman–Crippen LogP) is -0.454. The molecule has 80 valence electrons. The lowest BCUT2D eigenvalue weighted by atomic mass is 10.2. The van der Waals surface area contributed by atoms with Gasteiger partial charge in [0.2, 0.25) is 5.91 Å². The van der Waals surface area contributed by atoms with Gasteiger partial charge in [0.05, 0.1) is 0 Å². The summed E-state index contributed by atoms with van der Waals surface area (Å²) in [6, 6.07) is 0.473. The van der Waals surface area contributed by atoms with E-state index in [1.54, 1.807) is 0 Å². The summed E-state index contributed by atoms with van der Waals surface area (Å²) in [6.07, 6.45) is 3.30. The van der Waals surface area contributed by atoms with Crippen LogP contribution in [0.2, 0.25) is 0 Å². The van der Waals surface area contributed by atoms with Crippen LogP contribution in [-0.2, 0) is 4.79 Å². The molecular formula is C10H19N3O. The summed E-state index contributed by atoms with van der Waals surface area (Å²) in [6.45, 7) is 3.34. The highest BCUT2D eigenvalue weighted by atomic mass is 16.2. The topological polar surface area (TPSA) is 58.4 Å². The second kappa shape index (κ2) is 4.28. The Morgan fingerprint density at radius 3 is 2.86 bits per heavy atom. The molecular weight excluding hydrogens is 178 g/mol. The largest absolute Gasteiger partial charge is 0.341 e. The fourth-order valence-corrected chi connectivity index (χ4v) is 2.00. The van der Waals surface area contributed by atoms with Crippen LogP contribution < -0.4 is 11.1 Å². The van der Waals surface area contributed by atoms with Crippen LogP contribution in [0.25, 0.3) is 0 Å². The summed E-state index contributed by atoms with van der Waals surface area (Å²) >= 11 is 0. The van der Waals surface area contributed by atoms with Crippen molar-refractivity contribution in [3.05, 3.63) is 0 Å². The molecule has 0 aromatic carbocycles. The lowest BCUT2D eigenvalue weighted by Gasteiger charge is -2.16. The lowest BCUT2D eigenvalue weighted by Crippen LogP contribution is -2.37. The van der Waals surface area contributed by atoms with E-state index in [1.807, 2.05) is 4.90 Å². The second-order valence-electron chi connectivity index (χ2n) is 4.29. The van der Waals surface area contributed by atoms with E-state index < -0.39 is 0 Å². The number of nitrogens with one attached hydrogen (secondary N) is 1. The average Bonchev–Trinajstić information content (AvgIpc) is 2.94. The van der Waals surface area contributed by atoms with Crippen LogP contribution in [0.15, 0.2) is 0 Å². The van der Waals surface area contributed by atoms with Crippen molar-refractivity contribution in [3.8, 4) is 0 Å². The van der Waals surface area contributed by atoms with Gasteiger partial charge in [0.1, 0.15) is 0 Å². The smallest absolute Gasteiger partial charge is 0.225 e. The quantitative estimate of drug-likeness (QED) is 0.641. The van der Waals surface area contributed by atoms with Crippen molar-refractivity contribution in [1.82, 2.24) is 10.2 Å². The predicted molar refractivity (Wildman–Crippen MR) is 54.8 cm³/mol. The zero-order chi connectivity index (χ0) is 9.97. The molecule has 1 unspecified atom stereocenters. The van der Waals surface area contributed by atoms with Crippen molar-refractivity contribution >= 4 is 5.91 Å². The van der Waals surface area contributed by atoms with Crippen LogP contribution in [0, 0.1) is 5.92 Å². The van der Waals surface area contributed by atoms with Gasteiger partial charge in [0.25, 0.3) is 0 Å². The van der Waals surface area contributed by atoms with Gasteiger partial charge < -0.3 is 16.0 Å². The highest BCUT2D eigenvalue weighted by molar-refractivity contribution is 5.81. The molecule has 1 saturated carbocycles. The summed E-state index contributed by atoms with van der Waals surface area (Å²) in [5.74, 6) is 0.741. The number of nitrogens with two attached hydrogens (primary N) is 1. The van der Waals surface area contributed by atoms with E-state index >= 15 is 0 Å². The molecule has 2 rings (SSSR count). The SMILES string of the molecule is NCCNC1CCN(C(=O)C2CC2)C1. The normalized spacial score (nSPS) is 26.9. The molecule has 0 radical (unpaired) electrons. The molecule has 0 aromatic heterocycles. The van der Waals surface area contributed by atoms with E-state index in [4.69, 9.17) is 5.73 Å². The van der Waals surface area contributed by atoms with Crippen molar-refractivity contribution in [2.24, 2.45) is 11.7 Å². The van der Waals surface area contributed by atoms with E-state index in [1.165, 1.54) is 0 Å². The van der Waals surface area contributed by atoms with Crippen molar-refractivity contribution < 1.29 is 4.79 Å². The molecule has 2 aliphatic rings. The van der Waals surface area contributed by atoms with Gasteiger partial charge in [-0.2, -0.15) is 0 Å². The minimum atomic E-state index is 0.364. The van der Waals surface area contributed by atoms with Crippen LogP contribution in [0.3, 0.4) is 0 Å². The highest BCUT2D eigenvalue weighted by Crippen LogP contribution is 2.32. The van der Waals surface area contributed by atoms with Crippen LogP contribution in [0.4, 0.5) is 0 Å². The van der Waals surface area contributed by atoms with Crippen LogP contribution >= 0.6 is 0 Å². The molecule has 1 amide bonds. The Labute approximate surface area is 84.8 Å². The monoisotopic (exact) mass is 197 g/mol. The Morgan fingerprint density at radius 1 is 1.43 bits per heavy atom. The van der Waals surface area contributed by atoms with Crippen LogP contribution in [0.5, 0.6) is 0 Å². The van der Waals surface area contributed by atoms with Gasteiger partial charge in [-0.3, -0.25) is 4.79 Å². The average molecular weight is 197 g/mol. The van der Waals surface area contributed by atoms with Gasteiger partial charge in [-0.05, 0) is 19.3 Å². The number of nitrogens with zero attached hydrogens (tertiary/aromatic N) is 1. The maximum atomic E-state index is 11.7. The molecule has 0 bridgehead atoms. The third kappa shape index (κ3) is 2.25. The number of rotatable bonds is 4. The Hall–Kier alpha value is -0.610. The number of likely N-dealkylation sites (tertiary alicyclic amines) is 1. The number of carbonyl (C=O) groups is 1. The van der Waals surface area contributed by atoms with Gasteiger partial charge >= 0.3 is 0 Å². The van der Waals surface area contributed by atoms with E-state index in [0.717, 1.165) is 38.9 Å². The molecule has 0 aromatic rings. The van der Waals surface area contributed by atoms with Crippen LogP contribution in [-0.4, -0.2) is 43.0 Å². The third-order valence-corrected chi connectivity index (χ3v) is 3.00. The van der Waals surface area contributed by atoms with Crippen molar-refractivity contribution in [1.29, 1.82) is 0 Å². The first-order valence-corrected chi connectivity index (χ1v) is 5.53. The molecule has 1 heterocycles. The summed E-state index contributed by atoms with van der Waals surface area (Å²) in [5.41, 5.74) is 5.42. The third-order valence-electron chi connectivity index (χ3n) is 3.00. The lowest BCUT2D eigenvalue weighted by molar-refractivity contribution is -0.131. The first kappa shape index (κ1) is 9.93. The highest BCUT2D eigenvalue weighted by Gasteiger charge is 2.36. The maximum Gasteiger partial charge on any atom is 0.225 e. The first-order valence-electron chi connectivity index (χ1n) is 5.53. The Balaban J connectivity index is 1.73. The number of carbonyl (C=O) groups excluding carboxylic acids is 1. The molecule has 1 aliphatic carbocycles. The summed E-state index contributed by atoms with van der Waals surface area (Å²) in [7, 11) is 0. The Morgan fingerprint density at radius 2 is 2.21 bits per heavy atom. The number of amides is 1. The van der Waals surface area contributed by atoms with Gasteiger partial charge in [0, 0.05) is 38.1 Å². The molecule has 1 atom stereocenters. The number of hydrogen-bond donors (Lipinski definition) is 2. The summed E-state index contributed by atoms with van der Waals surface area (Å²) < 4.78 is 0. The molecule has 14 heavy (non-hydrogen) atoms. The van der Waals surface area contributed by atoms with Crippen LogP contribution in [0.1, 0.15) is 19.3 Å². The number of hydrogen-bond acceptors (Lipinski definition) is 3. The minimum Gasteiger partial charge on any atom is -0.341 e. The Bertz CT molecular complexity index is 215. The fourth-order valence-electron chi connectivity index (χ4n) is 2.00. The Kier molecular flexibility index (Phi) is 3.03. The molecule has 4 heteroatoms. The molecule has 1 aliphatic heterocycles. The summed E-state index contributed by atoms with van der Waals surface area (Å²) in [5, 5.41) is 3.36. The van der Waals surface area contributed by atoms with Gasteiger partial charge in [-0.1, -0.05) is 0 Å². The molecule has 2 fully saturated rings. The standard InChI is InChI=1S/C10H19N3O/c11-4-5-12-9-3-6-13(7-9)10(14)8-1-2-8/h8-9,12H,1-7,11H2. The molecule has 3 N–H and O–H groups in total. The van der Waals surface area contributed by atoms with Gasteiger partial charge in [-0.15, -0.1) is 0 Å². The zero-order valence-electron chi connectivity index (χ0n) is 8.54. The summed E-state index contributed by atoms with van der Waals surface area (Å²) in [4.78, 5) is 13.7. The maximum absolute atomic E-state index is 11.7. The van der Waals surface area contributed by atoms with Crippen molar-refractivity contribution in [2.75, 3.05) is 26.2 Å². The minimum absolute atomic E-state index is 0.364. The van der Waals surface area contributed by atoms with Gasteiger partial charge in [0.15, 0.2) is 0 Å². The second-order valence-corrected chi connectivity index (χ2v) is 4.29. The van der Waals surface area contributed by atoms with E-state index in [2.05, 4.69) is 5.32 Å². The van der Waals surface area contributed by atoms with Gasteiger partial charge in [-0.25, -0.2) is 0 Å². The van der Waals surface area contributed by atoms with E-state index in [0.29, 0.717) is 24.4 Å². The van der Waals surface area contributed by atoms with Crippen molar-refractivity contribution in [3.63, 3.8) is 0 Å².